The number of hydrogen-bond acceptors (Lipinski definition) is 3. The van der Waals surface area contributed by atoms with Crippen molar-refractivity contribution in [2.24, 2.45) is 0 Å². The molecule has 0 aromatic heterocycles. The Balaban J connectivity index is 2.83. The number of halogens is 2. The van der Waals surface area contributed by atoms with Crippen LogP contribution in [0.5, 0.6) is 0 Å². The molecule has 0 radical (unpaired) electrons. The second-order valence-electron chi connectivity index (χ2n) is 4.68. The molecule has 0 amide bonds. The lowest BCUT2D eigenvalue weighted by atomic mass is 10.1. The number of hydrogen-bond donors (Lipinski definition) is 1. The van der Waals surface area contributed by atoms with Crippen molar-refractivity contribution >= 4 is 33.0 Å². The third-order valence-electron chi connectivity index (χ3n) is 2.66. The van der Waals surface area contributed by atoms with Crippen LogP contribution < -0.4 is 5.32 Å². The zero-order chi connectivity index (χ0) is 14.5. The van der Waals surface area contributed by atoms with Gasteiger partial charge in [-0.2, -0.15) is 0 Å². The van der Waals surface area contributed by atoms with Crippen molar-refractivity contribution in [2.45, 2.75) is 25.8 Å². The van der Waals surface area contributed by atoms with Crippen molar-refractivity contribution in [1.82, 2.24) is 5.32 Å². The molecule has 1 unspecified atom stereocenters. The van der Waals surface area contributed by atoms with Crippen molar-refractivity contribution in [3.63, 3.8) is 0 Å². The highest BCUT2D eigenvalue weighted by molar-refractivity contribution is 7.90. The highest BCUT2D eigenvalue weighted by Gasteiger charge is 2.16. The van der Waals surface area contributed by atoms with Gasteiger partial charge in [0.1, 0.15) is 9.84 Å². The molecule has 0 bridgehead atoms. The molecule has 0 aliphatic rings. The van der Waals surface area contributed by atoms with E-state index in [1.165, 1.54) is 6.26 Å². The van der Waals surface area contributed by atoms with E-state index in [2.05, 4.69) is 5.32 Å². The number of sulfone groups is 1. The van der Waals surface area contributed by atoms with Gasteiger partial charge in [0, 0.05) is 22.3 Å². The minimum atomic E-state index is -3.04. The zero-order valence-electron chi connectivity index (χ0n) is 11.1. The van der Waals surface area contributed by atoms with E-state index >= 15 is 0 Å². The van der Waals surface area contributed by atoms with Gasteiger partial charge in [-0.1, -0.05) is 30.1 Å². The molecule has 1 rings (SSSR count). The Bertz CT molecular complexity index is 517. The summed E-state index contributed by atoms with van der Waals surface area (Å²) in [6.45, 7) is 2.81. The molecular weight excluding hydrogens is 305 g/mol. The summed E-state index contributed by atoms with van der Waals surface area (Å²) in [4.78, 5) is 0. The lowest BCUT2D eigenvalue weighted by Crippen LogP contribution is -2.37. The molecule has 0 saturated heterocycles. The highest BCUT2D eigenvalue weighted by atomic mass is 35.5. The third kappa shape index (κ3) is 6.61. The summed E-state index contributed by atoms with van der Waals surface area (Å²) in [5.41, 5.74) is 0.867. The maximum absolute atomic E-state index is 11.4. The fourth-order valence-electron chi connectivity index (χ4n) is 1.87. The lowest BCUT2D eigenvalue weighted by molar-refractivity contribution is 0.530. The van der Waals surface area contributed by atoms with Crippen LogP contribution in [0.4, 0.5) is 0 Å². The van der Waals surface area contributed by atoms with Gasteiger partial charge >= 0.3 is 0 Å². The van der Waals surface area contributed by atoms with Crippen LogP contribution in [0.25, 0.3) is 0 Å². The molecule has 1 aromatic carbocycles. The van der Waals surface area contributed by atoms with Crippen LogP contribution in [0.2, 0.25) is 10.0 Å². The average molecular weight is 324 g/mol. The predicted molar refractivity (Wildman–Crippen MR) is 82.0 cm³/mol. The fourth-order valence-corrected chi connectivity index (χ4v) is 3.23. The van der Waals surface area contributed by atoms with Crippen molar-refractivity contribution in [3.8, 4) is 0 Å². The topological polar surface area (TPSA) is 46.2 Å². The Kier molecular flexibility index (Phi) is 6.60. The summed E-state index contributed by atoms with van der Waals surface area (Å²) in [6, 6.07) is 5.09. The van der Waals surface area contributed by atoms with E-state index in [9.17, 15) is 8.42 Å². The van der Waals surface area contributed by atoms with Crippen LogP contribution in [0, 0.1) is 0 Å². The van der Waals surface area contributed by atoms with Gasteiger partial charge in [0.2, 0.25) is 0 Å². The molecule has 0 fully saturated rings. The first-order chi connectivity index (χ1) is 8.81. The Morgan fingerprint density at radius 2 is 2.00 bits per heavy atom. The fraction of sp³-hybridized carbons (Fsp3) is 0.538. The molecule has 6 heteroatoms. The van der Waals surface area contributed by atoms with Gasteiger partial charge in [-0.3, -0.25) is 0 Å². The molecule has 3 nitrogen and oxygen atoms in total. The van der Waals surface area contributed by atoms with E-state index in [-0.39, 0.29) is 11.8 Å². The second-order valence-corrected chi connectivity index (χ2v) is 7.71. The van der Waals surface area contributed by atoms with E-state index in [0.29, 0.717) is 16.5 Å². The largest absolute Gasteiger partial charge is 0.313 e. The van der Waals surface area contributed by atoms with Gasteiger partial charge in [0.15, 0.2) is 0 Å². The molecule has 1 aromatic rings. The first-order valence-electron chi connectivity index (χ1n) is 6.17. The van der Waals surface area contributed by atoms with Crippen LogP contribution in [-0.4, -0.2) is 33.0 Å². The van der Waals surface area contributed by atoms with Gasteiger partial charge < -0.3 is 5.32 Å². The van der Waals surface area contributed by atoms with Crippen molar-refractivity contribution in [2.75, 3.05) is 18.6 Å². The smallest absolute Gasteiger partial charge is 0.148 e. The summed E-state index contributed by atoms with van der Waals surface area (Å²) < 4.78 is 22.9. The lowest BCUT2D eigenvalue weighted by Gasteiger charge is -2.18. The Morgan fingerprint density at radius 1 is 1.32 bits per heavy atom. The van der Waals surface area contributed by atoms with E-state index in [1.54, 1.807) is 18.2 Å². The molecule has 0 spiro atoms. The zero-order valence-corrected chi connectivity index (χ0v) is 13.4. The normalized spacial score (nSPS) is 13.5. The SMILES string of the molecule is CCCNC(Cc1cc(Cl)ccc1Cl)CS(C)(=O)=O. The maximum atomic E-state index is 11.4. The van der Waals surface area contributed by atoms with Gasteiger partial charge in [-0.15, -0.1) is 0 Å². The van der Waals surface area contributed by atoms with Crippen molar-refractivity contribution < 1.29 is 8.42 Å². The maximum Gasteiger partial charge on any atom is 0.148 e. The standard InChI is InChI=1S/C13H19Cl2NO2S/c1-3-6-16-12(9-19(2,17)18)8-10-7-11(14)4-5-13(10)15/h4-5,7,12,16H,3,6,8-9H2,1-2H3. The van der Waals surface area contributed by atoms with Crippen molar-refractivity contribution in [3.05, 3.63) is 33.8 Å². The third-order valence-corrected chi connectivity index (χ3v) is 4.27. The molecule has 1 atom stereocenters. The minimum absolute atomic E-state index is 0.0931. The molecule has 19 heavy (non-hydrogen) atoms. The molecule has 0 aliphatic heterocycles. The number of nitrogens with one attached hydrogen (secondary N) is 1. The van der Waals surface area contributed by atoms with Gasteiger partial charge in [0.25, 0.3) is 0 Å². The first-order valence-corrected chi connectivity index (χ1v) is 8.98. The van der Waals surface area contributed by atoms with Crippen LogP contribution >= 0.6 is 23.2 Å². The summed E-state index contributed by atoms with van der Waals surface area (Å²) in [5.74, 6) is 0.0931. The van der Waals surface area contributed by atoms with E-state index < -0.39 is 9.84 Å². The first kappa shape index (κ1) is 16.8. The highest BCUT2D eigenvalue weighted by Crippen LogP contribution is 2.22. The van der Waals surface area contributed by atoms with Crippen LogP contribution in [-0.2, 0) is 16.3 Å². The van der Waals surface area contributed by atoms with Gasteiger partial charge in [-0.05, 0) is 43.1 Å². The Morgan fingerprint density at radius 3 is 2.58 bits per heavy atom. The second kappa shape index (κ2) is 7.48. The Hall–Kier alpha value is -0.290. The van der Waals surface area contributed by atoms with E-state index in [4.69, 9.17) is 23.2 Å². The summed E-state index contributed by atoms with van der Waals surface area (Å²) in [6.07, 6.45) is 2.74. The molecule has 0 saturated carbocycles. The molecule has 108 valence electrons. The monoisotopic (exact) mass is 323 g/mol. The van der Waals surface area contributed by atoms with E-state index in [0.717, 1.165) is 18.5 Å². The minimum Gasteiger partial charge on any atom is -0.313 e. The summed E-state index contributed by atoms with van der Waals surface area (Å²) in [5, 5.41) is 4.46. The van der Waals surface area contributed by atoms with E-state index in [1.807, 2.05) is 6.92 Å². The van der Waals surface area contributed by atoms with Crippen LogP contribution in [0.15, 0.2) is 18.2 Å². The number of rotatable bonds is 7. The van der Waals surface area contributed by atoms with Gasteiger partial charge in [0.05, 0.1) is 5.75 Å². The predicted octanol–water partition coefficient (Wildman–Crippen LogP) is 2.95. The number of benzene rings is 1. The Labute approximate surface area is 125 Å². The quantitative estimate of drug-likeness (QED) is 0.839. The molecule has 0 heterocycles. The summed E-state index contributed by atoms with van der Waals surface area (Å²) >= 11 is 12.1. The molecule has 1 N–H and O–H groups in total. The molecule has 0 aliphatic carbocycles. The van der Waals surface area contributed by atoms with Gasteiger partial charge in [-0.25, -0.2) is 8.42 Å². The average Bonchev–Trinajstić information content (AvgIpc) is 2.29. The van der Waals surface area contributed by atoms with Crippen molar-refractivity contribution in [1.29, 1.82) is 0 Å². The summed E-state index contributed by atoms with van der Waals surface area (Å²) in [7, 11) is -3.04. The molecular formula is C13H19Cl2NO2S. The van der Waals surface area contributed by atoms with Crippen LogP contribution in [0.1, 0.15) is 18.9 Å². The van der Waals surface area contributed by atoms with Crippen LogP contribution in [0.3, 0.4) is 0 Å².